The van der Waals surface area contributed by atoms with Gasteiger partial charge >= 0.3 is 0 Å². The topological polar surface area (TPSA) is 42.8 Å². The molecule has 1 aromatic rings. The zero-order valence-electron chi connectivity index (χ0n) is 11.3. The highest BCUT2D eigenvalue weighted by atomic mass is 35.5. The van der Waals surface area contributed by atoms with E-state index in [2.05, 4.69) is 5.32 Å². The molecule has 1 fully saturated rings. The van der Waals surface area contributed by atoms with E-state index in [0.717, 1.165) is 31.9 Å². The SMILES string of the molecule is O=C(C[NH+]1CCOCC1)NCCc1ccc(Cl)cc1Cl. The third-order valence-electron chi connectivity index (χ3n) is 3.34. The van der Waals surface area contributed by atoms with E-state index in [1.807, 2.05) is 12.1 Å². The van der Waals surface area contributed by atoms with E-state index < -0.39 is 0 Å². The summed E-state index contributed by atoms with van der Waals surface area (Å²) in [6.07, 6.45) is 0.709. The highest BCUT2D eigenvalue weighted by molar-refractivity contribution is 6.35. The van der Waals surface area contributed by atoms with Crippen molar-refractivity contribution in [2.75, 3.05) is 39.4 Å². The average Bonchev–Trinajstić information content (AvgIpc) is 2.42. The summed E-state index contributed by atoms with van der Waals surface area (Å²) in [4.78, 5) is 13.1. The fraction of sp³-hybridized carbons (Fsp3) is 0.500. The van der Waals surface area contributed by atoms with Crippen molar-refractivity contribution in [1.82, 2.24) is 5.32 Å². The molecule has 1 saturated heterocycles. The molecule has 6 heteroatoms. The van der Waals surface area contributed by atoms with E-state index in [0.29, 0.717) is 29.6 Å². The number of carbonyl (C=O) groups is 1. The molecule has 0 radical (unpaired) electrons. The van der Waals surface area contributed by atoms with Crippen LogP contribution >= 0.6 is 23.2 Å². The summed E-state index contributed by atoms with van der Waals surface area (Å²) in [6, 6.07) is 5.42. The van der Waals surface area contributed by atoms with Crippen LogP contribution in [0.15, 0.2) is 18.2 Å². The number of carbonyl (C=O) groups excluding carboxylic acids is 1. The third-order valence-corrected chi connectivity index (χ3v) is 3.93. The van der Waals surface area contributed by atoms with Gasteiger partial charge in [-0.2, -0.15) is 0 Å². The van der Waals surface area contributed by atoms with Gasteiger partial charge in [0.05, 0.1) is 13.2 Å². The van der Waals surface area contributed by atoms with Crippen LogP contribution in [0, 0.1) is 0 Å². The molecule has 2 rings (SSSR count). The Hall–Kier alpha value is -0.810. The van der Waals surface area contributed by atoms with Crippen molar-refractivity contribution < 1.29 is 14.4 Å². The molecular formula is C14H19Cl2N2O2+. The van der Waals surface area contributed by atoms with Crippen LogP contribution in [-0.2, 0) is 16.0 Å². The van der Waals surface area contributed by atoms with Crippen LogP contribution in [0.3, 0.4) is 0 Å². The van der Waals surface area contributed by atoms with Crippen molar-refractivity contribution in [1.29, 1.82) is 0 Å². The van der Waals surface area contributed by atoms with Crippen LogP contribution < -0.4 is 10.2 Å². The molecule has 0 aliphatic carbocycles. The summed E-state index contributed by atoms with van der Waals surface area (Å²) in [5, 5.41) is 4.20. The van der Waals surface area contributed by atoms with Crippen molar-refractivity contribution in [3.8, 4) is 0 Å². The Morgan fingerprint density at radius 1 is 1.30 bits per heavy atom. The van der Waals surface area contributed by atoms with Gasteiger partial charge in [0.1, 0.15) is 13.1 Å². The molecule has 0 bridgehead atoms. The van der Waals surface area contributed by atoms with Crippen LogP contribution in [0.5, 0.6) is 0 Å². The van der Waals surface area contributed by atoms with E-state index in [1.165, 1.54) is 4.90 Å². The predicted octanol–water partition coefficient (Wildman–Crippen LogP) is 0.567. The number of nitrogens with one attached hydrogen (secondary N) is 2. The highest BCUT2D eigenvalue weighted by Crippen LogP contribution is 2.20. The summed E-state index contributed by atoms with van der Waals surface area (Å²) in [5.41, 5.74) is 0.995. The molecule has 1 aliphatic heterocycles. The number of halogens is 2. The summed E-state index contributed by atoms with van der Waals surface area (Å²) in [6.45, 7) is 4.38. The zero-order valence-corrected chi connectivity index (χ0v) is 12.8. The first kappa shape index (κ1) is 15.6. The van der Waals surface area contributed by atoms with E-state index in [9.17, 15) is 4.79 Å². The number of rotatable bonds is 5. The van der Waals surface area contributed by atoms with Gasteiger partial charge in [-0.1, -0.05) is 29.3 Å². The van der Waals surface area contributed by atoms with Crippen molar-refractivity contribution >= 4 is 29.1 Å². The first-order chi connectivity index (χ1) is 9.65. The smallest absolute Gasteiger partial charge is 0.275 e. The van der Waals surface area contributed by atoms with Gasteiger partial charge in [-0.3, -0.25) is 4.79 Å². The Balaban J connectivity index is 1.70. The van der Waals surface area contributed by atoms with Crippen LogP contribution in [0.25, 0.3) is 0 Å². The minimum absolute atomic E-state index is 0.0759. The molecule has 110 valence electrons. The maximum absolute atomic E-state index is 11.8. The van der Waals surface area contributed by atoms with Gasteiger partial charge < -0.3 is 15.0 Å². The quantitative estimate of drug-likeness (QED) is 0.833. The molecule has 4 nitrogen and oxygen atoms in total. The number of ether oxygens (including phenoxy) is 1. The lowest BCUT2D eigenvalue weighted by Crippen LogP contribution is -3.15. The lowest BCUT2D eigenvalue weighted by molar-refractivity contribution is -0.900. The van der Waals surface area contributed by atoms with Crippen LogP contribution in [0.2, 0.25) is 10.0 Å². The molecule has 0 unspecified atom stereocenters. The van der Waals surface area contributed by atoms with Gasteiger partial charge in [-0.15, -0.1) is 0 Å². The monoisotopic (exact) mass is 317 g/mol. The van der Waals surface area contributed by atoms with Crippen molar-refractivity contribution in [3.05, 3.63) is 33.8 Å². The normalized spacial score (nSPS) is 16.1. The second kappa shape index (κ2) is 7.84. The Labute approximate surface area is 129 Å². The molecule has 1 amide bonds. The van der Waals surface area contributed by atoms with Crippen LogP contribution in [-0.4, -0.2) is 45.3 Å². The molecule has 1 aromatic carbocycles. The van der Waals surface area contributed by atoms with Crippen molar-refractivity contribution in [3.63, 3.8) is 0 Å². The first-order valence-electron chi connectivity index (χ1n) is 6.77. The molecule has 0 saturated carbocycles. The Bertz CT molecular complexity index is 462. The number of amides is 1. The second-order valence-corrected chi connectivity index (χ2v) is 5.72. The Morgan fingerprint density at radius 2 is 2.05 bits per heavy atom. The summed E-state index contributed by atoms with van der Waals surface area (Å²) < 4.78 is 5.27. The lowest BCUT2D eigenvalue weighted by Gasteiger charge is -2.23. The van der Waals surface area contributed by atoms with Gasteiger partial charge in [-0.25, -0.2) is 0 Å². The Morgan fingerprint density at radius 3 is 2.75 bits per heavy atom. The minimum atomic E-state index is 0.0759. The maximum atomic E-state index is 11.8. The molecule has 0 spiro atoms. The molecule has 1 heterocycles. The van der Waals surface area contributed by atoms with Crippen LogP contribution in [0.4, 0.5) is 0 Å². The summed E-state index contributed by atoms with van der Waals surface area (Å²) in [5.74, 6) is 0.0759. The predicted molar refractivity (Wildman–Crippen MR) is 79.6 cm³/mol. The third kappa shape index (κ3) is 4.94. The molecule has 0 aromatic heterocycles. The zero-order chi connectivity index (χ0) is 14.4. The molecule has 1 aliphatic rings. The fourth-order valence-electron chi connectivity index (χ4n) is 2.19. The minimum Gasteiger partial charge on any atom is -0.370 e. The van der Waals surface area contributed by atoms with Gasteiger partial charge in [0.15, 0.2) is 6.54 Å². The highest BCUT2D eigenvalue weighted by Gasteiger charge is 2.17. The van der Waals surface area contributed by atoms with Gasteiger partial charge in [0.2, 0.25) is 0 Å². The van der Waals surface area contributed by atoms with E-state index in [1.54, 1.807) is 6.07 Å². The number of hydrogen-bond acceptors (Lipinski definition) is 2. The summed E-state index contributed by atoms with van der Waals surface area (Å²) in [7, 11) is 0. The van der Waals surface area contributed by atoms with Gasteiger partial charge in [-0.05, 0) is 24.1 Å². The number of quaternary nitrogens is 1. The largest absolute Gasteiger partial charge is 0.370 e. The summed E-state index contributed by atoms with van der Waals surface area (Å²) >= 11 is 11.9. The number of morpholine rings is 1. The molecule has 20 heavy (non-hydrogen) atoms. The van der Waals surface area contributed by atoms with E-state index in [-0.39, 0.29) is 5.91 Å². The maximum Gasteiger partial charge on any atom is 0.275 e. The average molecular weight is 318 g/mol. The van der Waals surface area contributed by atoms with Crippen molar-refractivity contribution in [2.45, 2.75) is 6.42 Å². The first-order valence-corrected chi connectivity index (χ1v) is 7.52. The van der Waals surface area contributed by atoms with Crippen molar-refractivity contribution in [2.24, 2.45) is 0 Å². The number of benzene rings is 1. The fourth-order valence-corrected chi connectivity index (χ4v) is 2.69. The lowest BCUT2D eigenvalue weighted by atomic mass is 10.1. The molecule has 2 N–H and O–H groups in total. The second-order valence-electron chi connectivity index (χ2n) is 4.87. The van der Waals surface area contributed by atoms with E-state index >= 15 is 0 Å². The Kier molecular flexibility index (Phi) is 6.10. The van der Waals surface area contributed by atoms with Crippen LogP contribution in [0.1, 0.15) is 5.56 Å². The van der Waals surface area contributed by atoms with Gasteiger partial charge in [0, 0.05) is 16.6 Å². The standard InChI is InChI=1S/C14H18Cl2N2O2/c15-12-2-1-11(13(16)9-12)3-4-17-14(19)10-18-5-7-20-8-6-18/h1-2,9H,3-8,10H2,(H,17,19)/p+1. The molecular weight excluding hydrogens is 299 g/mol. The van der Waals surface area contributed by atoms with E-state index in [4.69, 9.17) is 27.9 Å². The van der Waals surface area contributed by atoms with Gasteiger partial charge in [0.25, 0.3) is 5.91 Å². The molecule has 0 atom stereocenters. The number of hydrogen-bond donors (Lipinski definition) is 2.